The van der Waals surface area contributed by atoms with E-state index in [1.165, 1.54) is 12.8 Å². The minimum atomic E-state index is 0.245. The zero-order valence-corrected chi connectivity index (χ0v) is 9.56. The average Bonchev–Trinajstić information content (AvgIpc) is 2.59. The number of hydrogen-bond acceptors (Lipinski definition) is 2. The molecule has 1 aromatic heterocycles. The lowest BCUT2D eigenvalue weighted by Gasteiger charge is -2.20. The molecular formula is C13H18N2O. The largest absolute Gasteiger partial charge is 0.342 e. The van der Waals surface area contributed by atoms with Crippen molar-refractivity contribution in [3.05, 3.63) is 30.1 Å². The van der Waals surface area contributed by atoms with Crippen LogP contribution in [0.4, 0.5) is 0 Å². The fraction of sp³-hybridized carbons (Fsp3) is 0.538. The molecule has 1 saturated heterocycles. The molecular weight excluding hydrogens is 200 g/mol. The summed E-state index contributed by atoms with van der Waals surface area (Å²) in [6.07, 6.45) is 8.83. The summed E-state index contributed by atoms with van der Waals surface area (Å²) in [6, 6.07) is 3.84. The van der Waals surface area contributed by atoms with E-state index in [1.807, 2.05) is 17.0 Å². The molecule has 2 heterocycles. The Morgan fingerprint density at radius 2 is 2.00 bits per heavy atom. The molecule has 16 heavy (non-hydrogen) atoms. The van der Waals surface area contributed by atoms with E-state index in [2.05, 4.69) is 4.98 Å². The van der Waals surface area contributed by atoms with E-state index in [9.17, 15) is 4.79 Å². The molecule has 1 aromatic rings. The second-order valence-electron chi connectivity index (χ2n) is 4.33. The van der Waals surface area contributed by atoms with E-state index in [-0.39, 0.29) is 5.91 Å². The maximum atomic E-state index is 12.0. The van der Waals surface area contributed by atoms with Crippen molar-refractivity contribution in [1.82, 2.24) is 9.88 Å². The predicted molar refractivity (Wildman–Crippen MR) is 63.0 cm³/mol. The number of pyridine rings is 1. The van der Waals surface area contributed by atoms with Gasteiger partial charge in [0.1, 0.15) is 0 Å². The van der Waals surface area contributed by atoms with E-state index < -0.39 is 0 Å². The van der Waals surface area contributed by atoms with Crippen LogP contribution in [0.25, 0.3) is 0 Å². The molecule has 1 aliphatic heterocycles. The highest BCUT2D eigenvalue weighted by Crippen LogP contribution is 2.11. The van der Waals surface area contributed by atoms with Crippen LogP contribution in [0.1, 0.15) is 31.2 Å². The molecule has 0 radical (unpaired) electrons. The van der Waals surface area contributed by atoms with Crippen molar-refractivity contribution in [2.45, 2.75) is 32.1 Å². The minimum Gasteiger partial charge on any atom is -0.342 e. The summed E-state index contributed by atoms with van der Waals surface area (Å²) in [5, 5.41) is 0. The minimum absolute atomic E-state index is 0.245. The van der Waals surface area contributed by atoms with Gasteiger partial charge < -0.3 is 4.90 Å². The van der Waals surface area contributed by atoms with Gasteiger partial charge in [-0.3, -0.25) is 9.78 Å². The Hall–Kier alpha value is -1.38. The van der Waals surface area contributed by atoms with Gasteiger partial charge in [0.15, 0.2) is 0 Å². The van der Waals surface area contributed by atoms with Crippen LogP contribution >= 0.6 is 0 Å². The topological polar surface area (TPSA) is 33.2 Å². The van der Waals surface area contributed by atoms with Gasteiger partial charge in [0, 0.05) is 25.5 Å². The first-order valence-electron chi connectivity index (χ1n) is 6.03. The molecule has 0 aromatic carbocycles. The number of carbonyl (C=O) groups is 1. The molecule has 1 amide bonds. The smallest absolute Gasteiger partial charge is 0.227 e. The third kappa shape index (κ3) is 3.05. The molecule has 2 rings (SSSR count). The van der Waals surface area contributed by atoms with Crippen LogP contribution in [0, 0.1) is 0 Å². The van der Waals surface area contributed by atoms with Crippen molar-refractivity contribution >= 4 is 5.91 Å². The van der Waals surface area contributed by atoms with E-state index in [0.29, 0.717) is 6.42 Å². The summed E-state index contributed by atoms with van der Waals surface area (Å²) < 4.78 is 0. The lowest BCUT2D eigenvalue weighted by atomic mass is 10.2. The summed E-state index contributed by atoms with van der Waals surface area (Å²) in [4.78, 5) is 18.0. The van der Waals surface area contributed by atoms with Crippen molar-refractivity contribution in [1.29, 1.82) is 0 Å². The second-order valence-corrected chi connectivity index (χ2v) is 4.33. The van der Waals surface area contributed by atoms with E-state index in [0.717, 1.165) is 31.5 Å². The molecule has 0 N–H and O–H groups in total. The van der Waals surface area contributed by atoms with Crippen molar-refractivity contribution in [3.8, 4) is 0 Å². The van der Waals surface area contributed by atoms with Crippen LogP contribution in [0.3, 0.4) is 0 Å². The lowest BCUT2D eigenvalue weighted by Crippen LogP contribution is -2.33. The standard InChI is InChI=1S/C13H18N2O/c16-13(10-12-6-5-7-14-11-12)15-8-3-1-2-4-9-15/h5-7,11H,1-4,8-10H2. The molecule has 86 valence electrons. The number of carbonyl (C=O) groups excluding carboxylic acids is 1. The van der Waals surface area contributed by atoms with Crippen LogP contribution in [-0.2, 0) is 11.2 Å². The normalized spacial score (nSPS) is 16.9. The quantitative estimate of drug-likeness (QED) is 0.761. The van der Waals surface area contributed by atoms with Gasteiger partial charge in [0.25, 0.3) is 0 Å². The number of nitrogens with zero attached hydrogens (tertiary/aromatic N) is 2. The van der Waals surface area contributed by atoms with Crippen molar-refractivity contribution in [3.63, 3.8) is 0 Å². The van der Waals surface area contributed by atoms with Crippen molar-refractivity contribution in [2.75, 3.05) is 13.1 Å². The molecule has 0 spiro atoms. The monoisotopic (exact) mass is 218 g/mol. The Bertz CT molecular complexity index is 329. The summed E-state index contributed by atoms with van der Waals surface area (Å²) in [6.45, 7) is 1.86. The molecule has 0 saturated carbocycles. The molecule has 0 aliphatic carbocycles. The van der Waals surface area contributed by atoms with E-state index in [4.69, 9.17) is 0 Å². The van der Waals surface area contributed by atoms with Gasteiger partial charge in [-0.15, -0.1) is 0 Å². The summed E-state index contributed by atoms with van der Waals surface area (Å²) >= 11 is 0. The van der Waals surface area contributed by atoms with E-state index in [1.54, 1.807) is 12.4 Å². The third-order valence-electron chi connectivity index (χ3n) is 3.04. The average molecular weight is 218 g/mol. The zero-order chi connectivity index (χ0) is 11.2. The van der Waals surface area contributed by atoms with Gasteiger partial charge in [0.2, 0.25) is 5.91 Å². The molecule has 0 unspecified atom stereocenters. The molecule has 0 bridgehead atoms. The molecule has 1 aliphatic rings. The Balaban J connectivity index is 1.92. The first kappa shape index (κ1) is 11.1. The molecule has 3 nitrogen and oxygen atoms in total. The maximum Gasteiger partial charge on any atom is 0.227 e. The first-order valence-corrected chi connectivity index (χ1v) is 6.03. The van der Waals surface area contributed by atoms with Gasteiger partial charge in [0.05, 0.1) is 6.42 Å². The van der Waals surface area contributed by atoms with Gasteiger partial charge in [-0.2, -0.15) is 0 Å². The van der Waals surface area contributed by atoms with Gasteiger partial charge in [-0.1, -0.05) is 18.9 Å². The van der Waals surface area contributed by atoms with Crippen LogP contribution in [0.5, 0.6) is 0 Å². The number of rotatable bonds is 2. The Kier molecular flexibility index (Phi) is 3.91. The molecule has 0 atom stereocenters. The summed E-state index contributed by atoms with van der Waals surface area (Å²) in [5.41, 5.74) is 1.01. The summed E-state index contributed by atoms with van der Waals surface area (Å²) in [7, 11) is 0. The number of hydrogen-bond donors (Lipinski definition) is 0. The number of aromatic nitrogens is 1. The fourth-order valence-corrected chi connectivity index (χ4v) is 2.11. The van der Waals surface area contributed by atoms with Gasteiger partial charge in [-0.25, -0.2) is 0 Å². The Morgan fingerprint density at radius 1 is 1.25 bits per heavy atom. The fourth-order valence-electron chi connectivity index (χ4n) is 2.11. The SMILES string of the molecule is O=C(Cc1cccnc1)N1CCCCCC1. The highest BCUT2D eigenvalue weighted by Gasteiger charge is 2.15. The first-order chi connectivity index (χ1) is 7.86. The Morgan fingerprint density at radius 3 is 2.62 bits per heavy atom. The number of amides is 1. The highest BCUT2D eigenvalue weighted by molar-refractivity contribution is 5.78. The zero-order valence-electron chi connectivity index (χ0n) is 9.56. The van der Waals surface area contributed by atoms with Gasteiger partial charge >= 0.3 is 0 Å². The summed E-state index contributed by atoms with van der Waals surface area (Å²) in [5.74, 6) is 0.245. The van der Waals surface area contributed by atoms with E-state index >= 15 is 0 Å². The second kappa shape index (κ2) is 5.64. The van der Waals surface area contributed by atoms with Gasteiger partial charge in [-0.05, 0) is 24.5 Å². The van der Waals surface area contributed by atoms with Crippen LogP contribution in [-0.4, -0.2) is 28.9 Å². The van der Waals surface area contributed by atoms with Crippen molar-refractivity contribution in [2.24, 2.45) is 0 Å². The maximum absolute atomic E-state index is 12.0. The van der Waals surface area contributed by atoms with Crippen LogP contribution in [0.15, 0.2) is 24.5 Å². The number of likely N-dealkylation sites (tertiary alicyclic amines) is 1. The van der Waals surface area contributed by atoms with Crippen LogP contribution < -0.4 is 0 Å². The predicted octanol–water partition coefficient (Wildman–Crippen LogP) is 2.03. The molecule has 3 heteroatoms. The highest BCUT2D eigenvalue weighted by atomic mass is 16.2. The third-order valence-corrected chi connectivity index (χ3v) is 3.04. The van der Waals surface area contributed by atoms with Crippen LogP contribution in [0.2, 0.25) is 0 Å². The Labute approximate surface area is 96.5 Å². The van der Waals surface area contributed by atoms with Crippen molar-refractivity contribution < 1.29 is 4.79 Å². The lowest BCUT2D eigenvalue weighted by molar-refractivity contribution is -0.130. The molecule has 1 fully saturated rings.